The van der Waals surface area contributed by atoms with E-state index in [-0.39, 0.29) is 6.04 Å². The van der Waals surface area contributed by atoms with Gasteiger partial charge in [-0.3, -0.25) is 9.69 Å². The number of likely N-dealkylation sites (tertiary alicyclic amines) is 2. The van der Waals surface area contributed by atoms with Crippen LogP contribution >= 0.6 is 0 Å². The lowest BCUT2D eigenvalue weighted by Gasteiger charge is -2.42. The summed E-state index contributed by atoms with van der Waals surface area (Å²) in [4.78, 5) is 17.5. The largest absolute Gasteiger partial charge is 0.300 e. The molecule has 1 atom stereocenters. The van der Waals surface area contributed by atoms with Crippen LogP contribution in [0, 0.1) is 0 Å². The van der Waals surface area contributed by atoms with Crippen LogP contribution in [0.5, 0.6) is 0 Å². The first kappa shape index (κ1) is 14.5. The van der Waals surface area contributed by atoms with Gasteiger partial charge in [0.2, 0.25) is 0 Å². The van der Waals surface area contributed by atoms with Gasteiger partial charge in [-0.2, -0.15) is 0 Å². The Morgan fingerprint density at radius 2 is 1.40 bits per heavy atom. The molecule has 2 aliphatic heterocycles. The Morgan fingerprint density at radius 3 is 2.15 bits per heavy atom. The highest BCUT2D eigenvalue weighted by Crippen LogP contribution is 2.25. The zero-order chi connectivity index (χ0) is 13.8. The predicted molar refractivity (Wildman–Crippen MR) is 81.9 cm³/mol. The van der Waals surface area contributed by atoms with Crippen molar-refractivity contribution in [2.24, 2.45) is 0 Å². The van der Waals surface area contributed by atoms with Gasteiger partial charge in [-0.25, -0.2) is 0 Å². The van der Waals surface area contributed by atoms with Gasteiger partial charge >= 0.3 is 0 Å². The minimum absolute atomic E-state index is 0.264. The van der Waals surface area contributed by atoms with E-state index in [2.05, 4.69) is 9.80 Å². The second kappa shape index (κ2) is 7.04. The summed E-state index contributed by atoms with van der Waals surface area (Å²) in [6.07, 6.45) is 12.3. The molecular weight excluding hydrogens is 248 g/mol. The summed E-state index contributed by atoms with van der Waals surface area (Å²) < 4.78 is 0. The van der Waals surface area contributed by atoms with Gasteiger partial charge in [0.25, 0.3) is 0 Å². The van der Waals surface area contributed by atoms with Gasteiger partial charge in [0, 0.05) is 25.6 Å². The Labute approximate surface area is 123 Å². The highest BCUT2D eigenvalue weighted by molar-refractivity contribution is 5.84. The number of hydrogen-bond acceptors (Lipinski definition) is 3. The molecular formula is C17H30N2O. The third-order valence-electron chi connectivity index (χ3n) is 5.62. The standard InChI is InChI=1S/C17H30N2O/c20-17-8-4-1-3-7-16(17)19-13-9-15(10-14-19)18-11-5-2-6-12-18/h15-16H,1-14H2. The lowest BCUT2D eigenvalue weighted by Crippen LogP contribution is -2.51. The molecule has 0 aromatic carbocycles. The molecule has 0 N–H and O–H groups in total. The van der Waals surface area contributed by atoms with Crippen molar-refractivity contribution in [1.29, 1.82) is 0 Å². The van der Waals surface area contributed by atoms with Crippen LogP contribution < -0.4 is 0 Å². The summed E-state index contributed by atoms with van der Waals surface area (Å²) in [6.45, 7) is 4.93. The van der Waals surface area contributed by atoms with Crippen molar-refractivity contribution < 1.29 is 4.79 Å². The molecule has 3 heteroatoms. The van der Waals surface area contributed by atoms with E-state index in [1.807, 2.05) is 0 Å². The fourth-order valence-corrected chi connectivity index (χ4v) is 4.37. The molecule has 114 valence electrons. The van der Waals surface area contributed by atoms with Gasteiger partial charge in [0.15, 0.2) is 0 Å². The zero-order valence-electron chi connectivity index (χ0n) is 12.9. The van der Waals surface area contributed by atoms with Crippen LogP contribution in [0.3, 0.4) is 0 Å². The average molecular weight is 278 g/mol. The van der Waals surface area contributed by atoms with Crippen molar-refractivity contribution in [2.75, 3.05) is 26.2 Å². The minimum Gasteiger partial charge on any atom is -0.300 e. The number of hydrogen-bond donors (Lipinski definition) is 0. The molecule has 0 bridgehead atoms. The molecule has 2 saturated heterocycles. The monoisotopic (exact) mass is 278 g/mol. The van der Waals surface area contributed by atoms with Gasteiger partial charge in [-0.1, -0.05) is 19.3 Å². The number of nitrogens with zero attached hydrogens (tertiary/aromatic N) is 2. The average Bonchev–Trinajstić information content (AvgIpc) is 2.73. The molecule has 1 unspecified atom stereocenters. The molecule has 0 aromatic heterocycles. The molecule has 0 amide bonds. The van der Waals surface area contributed by atoms with Crippen LogP contribution in [0.15, 0.2) is 0 Å². The van der Waals surface area contributed by atoms with Crippen molar-refractivity contribution in [3.63, 3.8) is 0 Å². The summed E-state index contributed by atoms with van der Waals surface area (Å²) >= 11 is 0. The van der Waals surface area contributed by atoms with Crippen molar-refractivity contribution in [3.05, 3.63) is 0 Å². The summed E-state index contributed by atoms with van der Waals surface area (Å²) in [7, 11) is 0. The van der Waals surface area contributed by atoms with Crippen LogP contribution in [0.2, 0.25) is 0 Å². The topological polar surface area (TPSA) is 23.6 Å². The number of Topliss-reactive ketones (excluding diaryl/α,β-unsaturated/α-hetero) is 1. The highest BCUT2D eigenvalue weighted by atomic mass is 16.1. The number of rotatable bonds is 2. The fraction of sp³-hybridized carbons (Fsp3) is 0.941. The lowest BCUT2D eigenvalue weighted by atomic mass is 9.96. The number of piperidine rings is 2. The molecule has 3 rings (SSSR count). The Hall–Kier alpha value is -0.410. The van der Waals surface area contributed by atoms with Gasteiger partial charge in [0.1, 0.15) is 5.78 Å². The molecule has 1 saturated carbocycles. The summed E-state index contributed by atoms with van der Waals surface area (Å²) in [5.74, 6) is 0.527. The van der Waals surface area contributed by atoms with E-state index < -0.39 is 0 Å². The van der Waals surface area contributed by atoms with Crippen LogP contribution in [-0.4, -0.2) is 53.8 Å². The van der Waals surface area contributed by atoms with E-state index in [9.17, 15) is 4.79 Å². The summed E-state index contributed by atoms with van der Waals surface area (Å²) in [5, 5.41) is 0. The Kier molecular flexibility index (Phi) is 5.11. The molecule has 2 heterocycles. The van der Waals surface area contributed by atoms with Gasteiger partial charge < -0.3 is 4.90 Å². The molecule has 0 spiro atoms. The number of ketones is 1. The van der Waals surface area contributed by atoms with Gasteiger partial charge in [0.05, 0.1) is 6.04 Å². The van der Waals surface area contributed by atoms with Crippen LogP contribution in [-0.2, 0) is 4.79 Å². The Morgan fingerprint density at radius 1 is 0.700 bits per heavy atom. The van der Waals surface area contributed by atoms with Gasteiger partial charge in [-0.05, 0) is 51.6 Å². The second-order valence-electron chi connectivity index (χ2n) is 6.95. The van der Waals surface area contributed by atoms with E-state index in [0.29, 0.717) is 5.78 Å². The molecule has 0 aromatic rings. The molecule has 1 aliphatic carbocycles. The number of carbonyl (C=O) groups is 1. The van der Waals surface area contributed by atoms with Crippen LogP contribution in [0.4, 0.5) is 0 Å². The minimum atomic E-state index is 0.264. The third-order valence-corrected chi connectivity index (χ3v) is 5.62. The maximum atomic E-state index is 12.2. The van der Waals surface area contributed by atoms with E-state index >= 15 is 0 Å². The molecule has 3 aliphatic rings. The Balaban J connectivity index is 1.50. The smallest absolute Gasteiger partial charge is 0.149 e. The Bertz CT molecular complexity index is 317. The van der Waals surface area contributed by atoms with E-state index in [1.54, 1.807) is 0 Å². The number of carbonyl (C=O) groups excluding carboxylic acids is 1. The summed E-state index contributed by atoms with van der Waals surface area (Å²) in [6, 6.07) is 1.06. The van der Waals surface area contributed by atoms with Crippen LogP contribution in [0.1, 0.15) is 64.2 Å². The quantitative estimate of drug-likeness (QED) is 0.726. The maximum absolute atomic E-state index is 12.2. The SMILES string of the molecule is O=C1CCCCCC1N1CCC(N2CCCCC2)CC1. The van der Waals surface area contributed by atoms with Crippen LogP contribution in [0.25, 0.3) is 0 Å². The lowest BCUT2D eigenvalue weighted by molar-refractivity contribution is -0.124. The molecule has 3 fully saturated rings. The first-order valence-electron chi connectivity index (χ1n) is 8.85. The predicted octanol–water partition coefficient (Wildman–Crippen LogP) is 2.84. The molecule has 3 nitrogen and oxygen atoms in total. The second-order valence-corrected chi connectivity index (χ2v) is 6.95. The van der Waals surface area contributed by atoms with Crippen molar-refractivity contribution in [1.82, 2.24) is 9.80 Å². The van der Waals surface area contributed by atoms with E-state index in [0.717, 1.165) is 38.4 Å². The highest BCUT2D eigenvalue weighted by Gasteiger charge is 2.32. The molecule has 0 radical (unpaired) electrons. The molecule has 20 heavy (non-hydrogen) atoms. The zero-order valence-corrected chi connectivity index (χ0v) is 12.9. The first-order valence-corrected chi connectivity index (χ1v) is 8.85. The van der Waals surface area contributed by atoms with Gasteiger partial charge in [-0.15, -0.1) is 0 Å². The van der Waals surface area contributed by atoms with E-state index in [1.165, 1.54) is 58.0 Å². The first-order chi connectivity index (χ1) is 9.84. The third kappa shape index (κ3) is 3.43. The van der Waals surface area contributed by atoms with Crippen molar-refractivity contribution >= 4 is 5.78 Å². The van der Waals surface area contributed by atoms with Crippen molar-refractivity contribution in [3.8, 4) is 0 Å². The fourth-order valence-electron chi connectivity index (χ4n) is 4.37. The van der Waals surface area contributed by atoms with Crippen molar-refractivity contribution in [2.45, 2.75) is 76.3 Å². The van der Waals surface area contributed by atoms with E-state index in [4.69, 9.17) is 0 Å². The normalized spacial score (nSPS) is 32.2. The summed E-state index contributed by atoms with van der Waals surface area (Å²) in [5.41, 5.74) is 0. The maximum Gasteiger partial charge on any atom is 0.149 e.